The van der Waals surface area contributed by atoms with E-state index in [1.54, 1.807) is 24.5 Å². The first-order valence-electron chi connectivity index (χ1n) is 10.5. The molecule has 0 spiro atoms. The van der Waals surface area contributed by atoms with Crippen molar-refractivity contribution in [3.63, 3.8) is 0 Å². The van der Waals surface area contributed by atoms with Crippen LogP contribution in [0.4, 0.5) is 15.8 Å². The van der Waals surface area contributed by atoms with Gasteiger partial charge in [0, 0.05) is 43.4 Å². The smallest absolute Gasteiger partial charge is 0.255 e. The van der Waals surface area contributed by atoms with Crippen molar-refractivity contribution in [1.82, 2.24) is 15.3 Å². The van der Waals surface area contributed by atoms with Crippen molar-refractivity contribution in [2.45, 2.75) is 18.9 Å². The predicted molar refractivity (Wildman–Crippen MR) is 116 cm³/mol. The molecule has 1 atom stereocenters. The van der Waals surface area contributed by atoms with E-state index < -0.39 is 5.82 Å². The predicted octanol–water partition coefficient (Wildman–Crippen LogP) is 3.42. The molecule has 3 aromatic rings. The summed E-state index contributed by atoms with van der Waals surface area (Å²) >= 11 is 0. The fraction of sp³-hybridized carbons (Fsp3) is 0.304. The topological polar surface area (TPSA) is 97.5 Å². The van der Waals surface area contributed by atoms with Crippen molar-refractivity contribution in [2.24, 2.45) is 0 Å². The second-order valence-electron chi connectivity index (χ2n) is 7.64. The quantitative estimate of drug-likeness (QED) is 0.523. The Labute approximate surface area is 184 Å². The number of nitrogens with zero attached hydrogens (tertiary/aromatic N) is 1. The summed E-state index contributed by atoms with van der Waals surface area (Å²) in [7, 11) is 1.40. The van der Waals surface area contributed by atoms with E-state index in [0.29, 0.717) is 48.0 Å². The molecule has 9 heteroatoms. The van der Waals surface area contributed by atoms with Gasteiger partial charge in [-0.1, -0.05) is 6.07 Å². The zero-order valence-electron chi connectivity index (χ0n) is 17.5. The molecule has 166 valence electrons. The van der Waals surface area contributed by atoms with Crippen LogP contribution in [-0.2, 0) is 11.2 Å². The van der Waals surface area contributed by atoms with E-state index in [2.05, 4.69) is 20.6 Å². The molecule has 4 heterocycles. The fourth-order valence-electron chi connectivity index (χ4n) is 3.96. The molecule has 1 fully saturated rings. The molecule has 2 aliphatic heterocycles. The minimum Gasteiger partial charge on any atom is -0.492 e. The first kappa shape index (κ1) is 20.3. The lowest BCUT2D eigenvalue weighted by molar-refractivity contribution is -0.0720. The minimum atomic E-state index is -0.499. The summed E-state index contributed by atoms with van der Waals surface area (Å²) < 4.78 is 31.0. The number of para-hydroxylation sites is 1. The van der Waals surface area contributed by atoms with E-state index in [0.717, 1.165) is 24.3 Å². The molecule has 1 amide bonds. The van der Waals surface area contributed by atoms with E-state index in [4.69, 9.17) is 14.2 Å². The molecule has 1 saturated heterocycles. The lowest BCUT2D eigenvalue weighted by Crippen LogP contribution is -2.32. The van der Waals surface area contributed by atoms with Crippen LogP contribution in [0.1, 0.15) is 22.5 Å². The van der Waals surface area contributed by atoms with Gasteiger partial charge in [-0.25, -0.2) is 4.39 Å². The number of halogens is 1. The van der Waals surface area contributed by atoms with Crippen molar-refractivity contribution in [1.29, 1.82) is 0 Å². The maximum Gasteiger partial charge on any atom is 0.255 e. The second-order valence-corrected chi connectivity index (χ2v) is 7.64. The van der Waals surface area contributed by atoms with Gasteiger partial charge in [-0.3, -0.25) is 9.78 Å². The van der Waals surface area contributed by atoms with Crippen LogP contribution in [0.3, 0.4) is 0 Å². The normalized spacial score (nSPS) is 17.2. The number of anilines is 2. The molecule has 2 aromatic heterocycles. The number of H-pyrrole nitrogens is 1. The molecule has 0 unspecified atom stereocenters. The highest BCUT2D eigenvalue weighted by atomic mass is 19.1. The number of hydrogen-bond donors (Lipinski definition) is 3. The molecule has 5 rings (SSSR count). The largest absolute Gasteiger partial charge is 0.492 e. The maximum atomic E-state index is 14.3. The minimum absolute atomic E-state index is 0.0675. The third-order valence-corrected chi connectivity index (χ3v) is 5.67. The molecule has 2 aliphatic rings. The lowest BCUT2D eigenvalue weighted by Gasteiger charge is -2.26. The first-order valence-corrected chi connectivity index (χ1v) is 10.5. The summed E-state index contributed by atoms with van der Waals surface area (Å²) in [4.78, 5) is 20.3. The van der Waals surface area contributed by atoms with Gasteiger partial charge in [0.2, 0.25) is 0 Å². The fourth-order valence-corrected chi connectivity index (χ4v) is 3.96. The van der Waals surface area contributed by atoms with Crippen LogP contribution in [0, 0.1) is 5.82 Å². The Morgan fingerprint density at radius 3 is 3.00 bits per heavy atom. The molecule has 3 N–H and O–H groups in total. The first-order chi connectivity index (χ1) is 15.7. The van der Waals surface area contributed by atoms with Gasteiger partial charge in [0.15, 0.2) is 11.6 Å². The molecule has 0 aliphatic carbocycles. The van der Waals surface area contributed by atoms with Gasteiger partial charge >= 0.3 is 0 Å². The Bertz CT molecular complexity index is 1160. The number of ether oxygens (including phenoxy) is 3. The number of rotatable bonds is 7. The van der Waals surface area contributed by atoms with Crippen LogP contribution in [-0.4, -0.2) is 48.8 Å². The average molecular weight is 438 g/mol. The number of carbonyl (C=O) groups is 1. The lowest BCUT2D eigenvalue weighted by atomic mass is 10.0. The van der Waals surface area contributed by atoms with Gasteiger partial charge in [0.05, 0.1) is 42.0 Å². The van der Waals surface area contributed by atoms with Gasteiger partial charge < -0.3 is 29.8 Å². The van der Waals surface area contributed by atoms with Crippen molar-refractivity contribution in [2.75, 3.05) is 32.2 Å². The molecule has 0 radical (unpaired) electrons. The summed E-state index contributed by atoms with van der Waals surface area (Å²) in [6.45, 7) is 1.70. The Morgan fingerprint density at radius 2 is 2.22 bits per heavy atom. The molecule has 8 nitrogen and oxygen atoms in total. The Kier molecular flexibility index (Phi) is 5.40. The van der Waals surface area contributed by atoms with Gasteiger partial charge in [-0.15, -0.1) is 0 Å². The Balaban J connectivity index is 1.60. The summed E-state index contributed by atoms with van der Waals surface area (Å²) in [5, 5.41) is 6.10. The highest BCUT2D eigenvalue weighted by Gasteiger charge is 2.29. The maximum absolute atomic E-state index is 14.3. The van der Waals surface area contributed by atoms with Crippen molar-refractivity contribution in [3.05, 3.63) is 53.7 Å². The number of fused-ring (bicyclic) bond motifs is 1. The number of methoxy groups -OCH3 is 1. The summed E-state index contributed by atoms with van der Waals surface area (Å²) in [6, 6.07) is 6.42. The Hall–Kier alpha value is -3.59. The summed E-state index contributed by atoms with van der Waals surface area (Å²) in [6.07, 6.45) is 4.97. The zero-order chi connectivity index (χ0) is 22.1. The van der Waals surface area contributed by atoms with Crippen molar-refractivity contribution < 1.29 is 23.4 Å². The molecular weight excluding hydrogens is 415 g/mol. The van der Waals surface area contributed by atoms with Crippen molar-refractivity contribution in [3.8, 4) is 22.8 Å². The number of hydrogen-bond acceptors (Lipinski definition) is 6. The Morgan fingerprint density at radius 1 is 1.34 bits per heavy atom. The van der Waals surface area contributed by atoms with E-state index in [9.17, 15) is 9.18 Å². The number of pyridine rings is 1. The monoisotopic (exact) mass is 438 g/mol. The van der Waals surface area contributed by atoms with E-state index in [1.807, 2.05) is 6.07 Å². The van der Waals surface area contributed by atoms with E-state index in [1.165, 1.54) is 13.2 Å². The molecule has 1 aromatic carbocycles. The summed E-state index contributed by atoms with van der Waals surface area (Å²) in [5.41, 5.74) is 3.62. The molecular formula is C23H23FN4O4. The van der Waals surface area contributed by atoms with Crippen LogP contribution in [0.5, 0.6) is 11.5 Å². The highest BCUT2D eigenvalue weighted by Crippen LogP contribution is 2.42. The number of amides is 1. The molecule has 32 heavy (non-hydrogen) atoms. The standard InChI is InChI=1S/C23H23FN4O4/c1-30-22-15(24)3-2-4-17(22)28-21-19-16(6-9-26-23(19)29)27-20(21)14-5-8-25-11-18(14)32-12-13-7-10-31-13/h2-5,8,11,13,27-28H,6-7,9-10,12H2,1H3,(H,26,29)/t13-/m1/s1. The number of benzene rings is 1. The number of aromatic amines is 1. The van der Waals surface area contributed by atoms with Crippen LogP contribution < -0.4 is 20.1 Å². The van der Waals surface area contributed by atoms with Gasteiger partial charge in [-0.05, 0) is 18.2 Å². The zero-order valence-corrected chi connectivity index (χ0v) is 17.5. The van der Waals surface area contributed by atoms with Gasteiger partial charge in [-0.2, -0.15) is 0 Å². The van der Waals surface area contributed by atoms with Crippen LogP contribution in [0.2, 0.25) is 0 Å². The second kappa shape index (κ2) is 8.51. The summed E-state index contributed by atoms with van der Waals surface area (Å²) in [5.74, 6) is -0.0680. The number of aromatic nitrogens is 2. The van der Waals surface area contributed by atoms with Gasteiger partial charge in [0.1, 0.15) is 12.4 Å². The van der Waals surface area contributed by atoms with Crippen LogP contribution >= 0.6 is 0 Å². The van der Waals surface area contributed by atoms with Crippen LogP contribution in [0.15, 0.2) is 36.7 Å². The van der Waals surface area contributed by atoms with E-state index >= 15 is 0 Å². The molecule has 0 saturated carbocycles. The number of carbonyl (C=O) groups excluding carboxylic acids is 1. The number of nitrogens with one attached hydrogen (secondary N) is 3. The third kappa shape index (κ3) is 3.64. The third-order valence-electron chi connectivity index (χ3n) is 5.67. The van der Waals surface area contributed by atoms with E-state index in [-0.39, 0.29) is 17.8 Å². The van der Waals surface area contributed by atoms with Crippen LogP contribution in [0.25, 0.3) is 11.3 Å². The average Bonchev–Trinajstić information content (AvgIpc) is 3.12. The van der Waals surface area contributed by atoms with Gasteiger partial charge in [0.25, 0.3) is 5.91 Å². The SMILES string of the molecule is COc1c(F)cccc1Nc1c(-c2ccncc2OC[C@H]2CCO2)[nH]c2c1C(=O)NCC2. The molecule has 0 bridgehead atoms. The highest BCUT2D eigenvalue weighted by molar-refractivity contribution is 6.06. The van der Waals surface area contributed by atoms with Crippen molar-refractivity contribution >= 4 is 17.3 Å².